The van der Waals surface area contributed by atoms with Crippen LogP contribution in [0.4, 0.5) is 0 Å². The molecule has 2 nitrogen and oxygen atoms in total. The van der Waals surface area contributed by atoms with E-state index in [2.05, 4.69) is 54.4 Å². The quantitative estimate of drug-likeness (QED) is 0.905. The minimum atomic E-state index is 0.540. The minimum absolute atomic E-state index is 0.540. The van der Waals surface area contributed by atoms with Crippen molar-refractivity contribution in [2.75, 3.05) is 13.1 Å². The Kier molecular flexibility index (Phi) is 4.66. The summed E-state index contributed by atoms with van der Waals surface area (Å²) in [7, 11) is 0. The van der Waals surface area contributed by atoms with Crippen LogP contribution in [0, 0.1) is 5.41 Å². The maximum atomic E-state index is 3.95. The Balaban J connectivity index is 1.46. The van der Waals surface area contributed by atoms with Gasteiger partial charge in [0, 0.05) is 31.7 Å². The number of hydrogen-bond acceptors (Lipinski definition) is 2. The number of nitrogens with zero attached hydrogens (tertiary/aromatic N) is 1. The molecule has 1 saturated carbocycles. The van der Waals surface area contributed by atoms with Gasteiger partial charge in [0.25, 0.3) is 0 Å². The molecule has 1 aliphatic carbocycles. The highest BCUT2D eigenvalue weighted by atomic mass is 15.2. The topological polar surface area (TPSA) is 15.3 Å². The number of likely N-dealkylation sites (tertiary alicyclic amines) is 1. The van der Waals surface area contributed by atoms with Crippen LogP contribution >= 0.6 is 0 Å². The van der Waals surface area contributed by atoms with Crippen LogP contribution in [0.5, 0.6) is 0 Å². The van der Waals surface area contributed by atoms with E-state index in [0.29, 0.717) is 11.5 Å². The molecule has 21 heavy (non-hydrogen) atoms. The zero-order valence-corrected chi connectivity index (χ0v) is 13.6. The Morgan fingerprint density at radius 2 is 1.95 bits per heavy atom. The van der Waals surface area contributed by atoms with Gasteiger partial charge in [0.1, 0.15) is 0 Å². The molecule has 0 bridgehead atoms. The fourth-order valence-electron chi connectivity index (χ4n) is 4.13. The first kappa shape index (κ1) is 15.1. The molecule has 116 valence electrons. The molecule has 1 N–H and O–H groups in total. The first-order chi connectivity index (χ1) is 10.1. The summed E-state index contributed by atoms with van der Waals surface area (Å²) in [6.07, 6.45) is 6.83. The smallest absolute Gasteiger partial charge is 0.0234 e. The second-order valence-corrected chi connectivity index (χ2v) is 7.83. The van der Waals surface area contributed by atoms with E-state index in [9.17, 15) is 0 Å². The second-order valence-electron chi connectivity index (χ2n) is 7.83. The molecular weight excluding hydrogens is 256 g/mol. The first-order valence-corrected chi connectivity index (χ1v) is 8.63. The molecule has 0 radical (unpaired) electrons. The predicted octanol–water partition coefficient (Wildman–Crippen LogP) is 3.82. The Hall–Kier alpha value is -0.860. The summed E-state index contributed by atoms with van der Waals surface area (Å²) in [6.45, 7) is 8.41. The zero-order chi connectivity index (χ0) is 14.7. The normalized spacial score (nSPS) is 29.6. The van der Waals surface area contributed by atoms with Crippen molar-refractivity contribution in [3.8, 4) is 0 Å². The molecule has 1 heterocycles. The third-order valence-electron chi connectivity index (χ3n) is 5.20. The van der Waals surface area contributed by atoms with E-state index in [0.717, 1.165) is 12.6 Å². The van der Waals surface area contributed by atoms with Gasteiger partial charge in [-0.1, -0.05) is 50.6 Å². The fraction of sp³-hybridized carbons (Fsp3) is 0.684. The highest BCUT2D eigenvalue weighted by Crippen LogP contribution is 2.35. The molecule has 0 spiro atoms. The Morgan fingerprint density at radius 3 is 2.71 bits per heavy atom. The number of hydrogen-bond donors (Lipinski definition) is 1. The molecule has 2 unspecified atom stereocenters. The highest BCUT2D eigenvalue weighted by molar-refractivity contribution is 5.14. The van der Waals surface area contributed by atoms with E-state index < -0.39 is 0 Å². The van der Waals surface area contributed by atoms with Gasteiger partial charge in [0.2, 0.25) is 0 Å². The third-order valence-corrected chi connectivity index (χ3v) is 5.20. The van der Waals surface area contributed by atoms with Crippen molar-refractivity contribution in [3.05, 3.63) is 35.9 Å². The van der Waals surface area contributed by atoms with E-state index in [1.807, 2.05) is 0 Å². The van der Waals surface area contributed by atoms with Crippen LogP contribution in [-0.4, -0.2) is 30.1 Å². The van der Waals surface area contributed by atoms with Crippen molar-refractivity contribution in [1.29, 1.82) is 0 Å². The maximum absolute atomic E-state index is 3.95. The molecular formula is C19H30N2. The van der Waals surface area contributed by atoms with Crippen molar-refractivity contribution in [1.82, 2.24) is 10.2 Å². The van der Waals surface area contributed by atoms with Crippen LogP contribution in [-0.2, 0) is 6.54 Å². The lowest BCUT2D eigenvalue weighted by Crippen LogP contribution is -2.44. The van der Waals surface area contributed by atoms with Crippen LogP contribution < -0.4 is 5.32 Å². The van der Waals surface area contributed by atoms with Gasteiger partial charge in [-0.15, -0.1) is 0 Å². The Bertz CT molecular complexity index is 440. The Labute approximate surface area is 129 Å². The average molecular weight is 286 g/mol. The summed E-state index contributed by atoms with van der Waals surface area (Å²) in [6, 6.07) is 12.3. The van der Waals surface area contributed by atoms with Crippen LogP contribution in [0.25, 0.3) is 0 Å². The van der Waals surface area contributed by atoms with Crippen molar-refractivity contribution < 1.29 is 0 Å². The van der Waals surface area contributed by atoms with E-state index in [-0.39, 0.29) is 0 Å². The van der Waals surface area contributed by atoms with Crippen LogP contribution in [0.1, 0.15) is 51.5 Å². The van der Waals surface area contributed by atoms with Crippen molar-refractivity contribution >= 4 is 0 Å². The van der Waals surface area contributed by atoms with Crippen molar-refractivity contribution in [2.45, 2.75) is 64.6 Å². The molecule has 1 saturated heterocycles. The van der Waals surface area contributed by atoms with E-state index in [4.69, 9.17) is 0 Å². The number of rotatable bonds is 4. The van der Waals surface area contributed by atoms with Gasteiger partial charge in [-0.3, -0.25) is 4.90 Å². The largest absolute Gasteiger partial charge is 0.310 e. The van der Waals surface area contributed by atoms with E-state index in [1.165, 1.54) is 50.8 Å². The third kappa shape index (κ3) is 4.31. The lowest BCUT2D eigenvalue weighted by atomic mass is 9.75. The van der Waals surface area contributed by atoms with Gasteiger partial charge in [-0.2, -0.15) is 0 Å². The molecule has 2 atom stereocenters. The van der Waals surface area contributed by atoms with Gasteiger partial charge in [-0.25, -0.2) is 0 Å². The number of nitrogens with one attached hydrogen (secondary N) is 1. The molecule has 0 aromatic heterocycles. The molecule has 2 fully saturated rings. The molecule has 1 aromatic carbocycles. The molecule has 0 amide bonds. The van der Waals surface area contributed by atoms with Crippen LogP contribution in [0.15, 0.2) is 30.3 Å². The van der Waals surface area contributed by atoms with Crippen LogP contribution in [0.2, 0.25) is 0 Å². The SMILES string of the molecule is CC1(C)CCCC(NC2CCN(Cc3ccccc3)C2)C1. The van der Waals surface area contributed by atoms with Gasteiger partial charge >= 0.3 is 0 Å². The average Bonchev–Trinajstić information content (AvgIpc) is 2.86. The minimum Gasteiger partial charge on any atom is -0.310 e. The second kappa shape index (κ2) is 6.50. The fourth-order valence-corrected chi connectivity index (χ4v) is 4.13. The molecule has 1 aromatic rings. The monoisotopic (exact) mass is 286 g/mol. The lowest BCUT2D eigenvalue weighted by Gasteiger charge is -2.37. The van der Waals surface area contributed by atoms with E-state index in [1.54, 1.807) is 0 Å². The number of benzene rings is 1. The molecule has 2 aliphatic rings. The van der Waals surface area contributed by atoms with E-state index >= 15 is 0 Å². The molecule has 3 rings (SSSR count). The van der Waals surface area contributed by atoms with Gasteiger partial charge in [-0.05, 0) is 36.7 Å². The lowest BCUT2D eigenvalue weighted by molar-refractivity contribution is 0.188. The van der Waals surface area contributed by atoms with Crippen LogP contribution in [0.3, 0.4) is 0 Å². The summed E-state index contributed by atoms with van der Waals surface area (Å²) in [4.78, 5) is 2.60. The van der Waals surface area contributed by atoms with Gasteiger partial charge < -0.3 is 5.32 Å². The highest BCUT2D eigenvalue weighted by Gasteiger charge is 2.31. The summed E-state index contributed by atoms with van der Waals surface area (Å²) in [5, 5.41) is 3.95. The summed E-state index contributed by atoms with van der Waals surface area (Å²) in [5.41, 5.74) is 1.98. The standard InChI is InChI=1S/C19H30N2/c1-19(2)11-6-9-17(13-19)20-18-10-12-21(15-18)14-16-7-4-3-5-8-16/h3-5,7-8,17-18,20H,6,9-15H2,1-2H3. The summed E-state index contributed by atoms with van der Waals surface area (Å²) < 4.78 is 0. The summed E-state index contributed by atoms with van der Waals surface area (Å²) in [5.74, 6) is 0. The maximum Gasteiger partial charge on any atom is 0.0234 e. The zero-order valence-electron chi connectivity index (χ0n) is 13.6. The van der Waals surface area contributed by atoms with Gasteiger partial charge in [0.05, 0.1) is 0 Å². The van der Waals surface area contributed by atoms with Crippen molar-refractivity contribution in [3.63, 3.8) is 0 Å². The van der Waals surface area contributed by atoms with Gasteiger partial charge in [0.15, 0.2) is 0 Å². The first-order valence-electron chi connectivity index (χ1n) is 8.63. The predicted molar refractivity (Wildman–Crippen MR) is 89.3 cm³/mol. The van der Waals surface area contributed by atoms with Crippen molar-refractivity contribution in [2.24, 2.45) is 5.41 Å². The molecule has 1 aliphatic heterocycles. The molecule has 2 heteroatoms. The summed E-state index contributed by atoms with van der Waals surface area (Å²) >= 11 is 0. The Morgan fingerprint density at radius 1 is 1.14 bits per heavy atom.